The highest BCUT2D eigenvalue weighted by molar-refractivity contribution is 5.72. The first-order valence-electron chi connectivity index (χ1n) is 5.60. The van der Waals surface area contributed by atoms with Gasteiger partial charge in [0.05, 0.1) is 13.0 Å². The van der Waals surface area contributed by atoms with Crippen LogP contribution in [-0.4, -0.2) is 13.1 Å². The zero-order valence-electron chi connectivity index (χ0n) is 9.43. The molecule has 0 spiro atoms. The van der Waals surface area contributed by atoms with Crippen LogP contribution in [0.5, 0.6) is 0 Å². The molecule has 0 heterocycles. The predicted octanol–water partition coefficient (Wildman–Crippen LogP) is 2.91. The van der Waals surface area contributed by atoms with Crippen LogP contribution in [0.2, 0.25) is 0 Å². The largest absolute Gasteiger partial charge is 0.469 e. The predicted molar refractivity (Wildman–Crippen MR) is 63.1 cm³/mol. The van der Waals surface area contributed by atoms with E-state index >= 15 is 0 Å². The molecule has 2 nitrogen and oxygen atoms in total. The third kappa shape index (κ3) is 2.32. The fraction of sp³-hybridized carbons (Fsp3) is 0.357. The first-order chi connectivity index (χ1) is 7.81. The summed E-state index contributed by atoms with van der Waals surface area (Å²) in [6.07, 6.45) is 5.93. The zero-order valence-corrected chi connectivity index (χ0v) is 9.43. The van der Waals surface area contributed by atoms with Gasteiger partial charge in [-0.15, -0.1) is 0 Å². The summed E-state index contributed by atoms with van der Waals surface area (Å²) in [5.41, 5.74) is 1.27. The van der Waals surface area contributed by atoms with E-state index in [4.69, 9.17) is 4.74 Å². The number of carbonyl (C=O) groups excluding carboxylic acids is 1. The SMILES string of the molecule is COC(=O)[C@@H]1CC=C[C@H](c2ccccc2)C1. The van der Waals surface area contributed by atoms with Crippen molar-refractivity contribution in [1.82, 2.24) is 0 Å². The van der Waals surface area contributed by atoms with Crippen molar-refractivity contribution in [3.8, 4) is 0 Å². The lowest BCUT2D eigenvalue weighted by atomic mass is 9.83. The van der Waals surface area contributed by atoms with Crippen LogP contribution in [0.1, 0.15) is 24.3 Å². The molecule has 2 rings (SSSR count). The first kappa shape index (κ1) is 10.9. The van der Waals surface area contributed by atoms with E-state index < -0.39 is 0 Å². The second kappa shape index (κ2) is 4.97. The molecular formula is C14H16O2. The van der Waals surface area contributed by atoms with Gasteiger partial charge in [-0.2, -0.15) is 0 Å². The molecule has 1 aromatic rings. The van der Waals surface area contributed by atoms with Gasteiger partial charge >= 0.3 is 5.97 Å². The third-order valence-electron chi connectivity index (χ3n) is 3.09. The molecule has 0 unspecified atom stereocenters. The van der Waals surface area contributed by atoms with E-state index in [1.165, 1.54) is 12.7 Å². The fourth-order valence-electron chi connectivity index (χ4n) is 2.19. The monoisotopic (exact) mass is 216 g/mol. The highest BCUT2D eigenvalue weighted by atomic mass is 16.5. The number of benzene rings is 1. The molecule has 2 heteroatoms. The Hall–Kier alpha value is -1.57. The summed E-state index contributed by atoms with van der Waals surface area (Å²) in [5.74, 6) is 0.268. The molecule has 0 radical (unpaired) electrons. The Morgan fingerprint density at radius 2 is 2.06 bits per heavy atom. The number of rotatable bonds is 2. The van der Waals surface area contributed by atoms with Gasteiger partial charge in [0.2, 0.25) is 0 Å². The van der Waals surface area contributed by atoms with Crippen molar-refractivity contribution in [2.24, 2.45) is 5.92 Å². The molecule has 0 saturated carbocycles. The van der Waals surface area contributed by atoms with E-state index in [0.717, 1.165) is 12.8 Å². The van der Waals surface area contributed by atoms with Gasteiger partial charge in [0, 0.05) is 5.92 Å². The highest BCUT2D eigenvalue weighted by Gasteiger charge is 2.25. The highest BCUT2D eigenvalue weighted by Crippen LogP contribution is 2.31. The van der Waals surface area contributed by atoms with Crippen molar-refractivity contribution in [1.29, 1.82) is 0 Å². The van der Waals surface area contributed by atoms with Crippen LogP contribution in [0.4, 0.5) is 0 Å². The van der Waals surface area contributed by atoms with E-state index in [1.807, 2.05) is 18.2 Å². The maximum atomic E-state index is 11.5. The summed E-state index contributed by atoms with van der Waals surface area (Å²) in [6.45, 7) is 0. The van der Waals surface area contributed by atoms with Gasteiger partial charge in [0.1, 0.15) is 0 Å². The summed E-state index contributed by atoms with van der Waals surface area (Å²) >= 11 is 0. The lowest BCUT2D eigenvalue weighted by Gasteiger charge is -2.23. The molecule has 1 aliphatic carbocycles. The number of hydrogen-bond acceptors (Lipinski definition) is 2. The minimum atomic E-state index is -0.0923. The normalized spacial score (nSPS) is 24.1. The number of ether oxygens (including phenoxy) is 1. The lowest BCUT2D eigenvalue weighted by molar-refractivity contribution is -0.145. The van der Waals surface area contributed by atoms with Crippen LogP contribution in [0, 0.1) is 5.92 Å². The smallest absolute Gasteiger partial charge is 0.309 e. The minimum absolute atomic E-state index is 0.0141. The van der Waals surface area contributed by atoms with Crippen molar-refractivity contribution < 1.29 is 9.53 Å². The van der Waals surface area contributed by atoms with Crippen molar-refractivity contribution in [2.75, 3.05) is 7.11 Å². The topological polar surface area (TPSA) is 26.3 Å². The molecule has 0 fully saturated rings. The molecule has 1 aromatic carbocycles. The van der Waals surface area contributed by atoms with Gasteiger partial charge in [0.15, 0.2) is 0 Å². The molecule has 2 atom stereocenters. The quantitative estimate of drug-likeness (QED) is 0.561. The lowest BCUT2D eigenvalue weighted by Crippen LogP contribution is -2.20. The number of esters is 1. The van der Waals surface area contributed by atoms with E-state index in [9.17, 15) is 4.79 Å². The van der Waals surface area contributed by atoms with Crippen LogP contribution in [-0.2, 0) is 9.53 Å². The Bertz CT molecular complexity index is 381. The summed E-state index contributed by atoms with van der Waals surface area (Å²) in [6, 6.07) is 10.3. The molecule has 0 N–H and O–H groups in total. The van der Waals surface area contributed by atoms with Gasteiger partial charge in [-0.25, -0.2) is 0 Å². The molecule has 0 bridgehead atoms. The molecule has 0 aliphatic heterocycles. The van der Waals surface area contributed by atoms with Crippen molar-refractivity contribution in [3.63, 3.8) is 0 Å². The summed E-state index contributed by atoms with van der Waals surface area (Å²) in [7, 11) is 1.46. The Kier molecular flexibility index (Phi) is 3.40. The third-order valence-corrected chi connectivity index (χ3v) is 3.09. The first-order valence-corrected chi connectivity index (χ1v) is 5.60. The molecule has 16 heavy (non-hydrogen) atoms. The summed E-state index contributed by atoms with van der Waals surface area (Å²) in [5, 5.41) is 0. The summed E-state index contributed by atoms with van der Waals surface area (Å²) < 4.78 is 4.80. The van der Waals surface area contributed by atoms with Crippen molar-refractivity contribution >= 4 is 5.97 Å². The van der Waals surface area contributed by atoms with E-state index in [2.05, 4.69) is 24.3 Å². The second-order valence-electron chi connectivity index (χ2n) is 4.14. The van der Waals surface area contributed by atoms with Crippen molar-refractivity contribution in [3.05, 3.63) is 48.0 Å². The Balaban J connectivity index is 2.11. The number of carbonyl (C=O) groups is 1. The molecule has 0 amide bonds. The average Bonchev–Trinajstić information content (AvgIpc) is 2.39. The van der Waals surface area contributed by atoms with Gasteiger partial charge in [-0.3, -0.25) is 4.79 Å². The number of allylic oxidation sites excluding steroid dienone is 2. The Morgan fingerprint density at radius 1 is 1.31 bits per heavy atom. The van der Waals surface area contributed by atoms with Gasteiger partial charge in [0.25, 0.3) is 0 Å². The standard InChI is InChI=1S/C14H16O2/c1-16-14(15)13-9-5-8-12(10-13)11-6-3-2-4-7-11/h2-8,12-13H,9-10H2,1H3/t12-,13+/m0/s1. The van der Waals surface area contributed by atoms with Crippen LogP contribution >= 0.6 is 0 Å². The molecular weight excluding hydrogens is 200 g/mol. The van der Waals surface area contributed by atoms with Gasteiger partial charge in [-0.05, 0) is 18.4 Å². The maximum absolute atomic E-state index is 11.5. The van der Waals surface area contributed by atoms with Crippen LogP contribution in [0.15, 0.2) is 42.5 Å². The second-order valence-corrected chi connectivity index (χ2v) is 4.14. The molecule has 1 aliphatic rings. The Labute approximate surface area is 95.9 Å². The van der Waals surface area contributed by atoms with Crippen LogP contribution in [0.3, 0.4) is 0 Å². The fourth-order valence-corrected chi connectivity index (χ4v) is 2.19. The molecule has 0 aromatic heterocycles. The summed E-state index contributed by atoms with van der Waals surface area (Å²) in [4.78, 5) is 11.5. The minimum Gasteiger partial charge on any atom is -0.469 e. The Morgan fingerprint density at radius 3 is 2.75 bits per heavy atom. The van der Waals surface area contributed by atoms with Crippen molar-refractivity contribution in [2.45, 2.75) is 18.8 Å². The molecule has 84 valence electrons. The van der Waals surface area contributed by atoms with E-state index in [0.29, 0.717) is 5.92 Å². The van der Waals surface area contributed by atoms with Crippen LogP contribution < -0.4 is 0 Å². The van der Waals surface area contributed by atoms with Gasteiger partial charge < -0.3 is 4.74 Å². The average molecular weight is 216 g/mol. The van der Waals surface area contributed by atoms with Crippen LogP contribution in [0.25, 0.3) is 0 Å². The molecule has 0 saturated heterocycles. The number of hydrogen-bond donors (Lipinski definition) is 0. The maximum Gasteiger partial charge on any atom is 0.309 e. The van der Waals surface area contributed by atoms with E-state index in [-0.39, 0.29) is 11.9 Å². The van der Waals surface area contributed by atoms with E-state index in [1.54, 1.807) is 0 Å². The number of methoxy groups -OCH3 is 1. The van der Waals surface area contributed by atoms with Gasteiger partial charge in [-0.1, -0.05) is 42.5 Å². The zero-order chi connectivity index (χ0) is 11.4.